The standard InChI is InChI=1S/C28H21ClN4O2S2/c1-17-23(25(34)33(30-17)20-11-7-4-8-12-20)27-32(16-18-9-5-3-6-10-18)26(35)24(37-27)28-31(2)21-15-19(29)13-14-22(21)36-28/h3-15H,16H2,1-2H3. The van der Waals surface area contributed by atoms with Gasteiger partial charge in [0.25, 0.3) is 11.5 Å². The van der Waals surface area contributed by atoms with Crippen molar-refractivity contribution in [1.29, 1.82) is 0 Å². The van der Waals surface area contributed by atoms with Gasteiger partial charge in [0.1, 0.15) is 14.2 Å². The van der Waals surface area contributed by atoms with Crippen LogP contribution in [0.1, 0.15) is 12.5 Å². The summed E-state index contributed by atoms with van der Waals surface area (Å²) in [5.41, 5.74) is 3.50. The maximum Gasteiger partial charge on any atom is 0.283 e. The van der Waals surface area contributed by atoms with Crippen LogP contribution in [0.15, 0.2) is 93.7 Å². The van der Waals surface area contributed by atoms with E-state index in [2.05, 4.69) is 5.10 Å². The van der Waals surface area contributed by atoms with Gasteiger partial charge in [-0.15, -0.1) is 11.3 Å². The minimum Gasteiger partial charge on any atom is -0.337 e. The number of fused-ring (bicyclic) bond motifs is 1. The number of aromatic nitrogens is 1. The first-order valence-corrected chi connectivity index (χ1v) is 13.6. The molecule has 3 aromatic carbocycles. The van der Waals surface area contributed by atoms with E-state index in [4.69, 9.17) is 11.6 Å². The highest BCUT2D eigenvalue weighted by molar-refractivity contribution is 8.08. The molecule has 0 spiro atoms. The Bertz CT molecular complexity index is 1760. The van der Waals surface area contributed by atoms with Crippen LogP contribution in [0.2, 0.25) is 5.02 Å². The van der Waals surface area contributed by atoms with E-state index in [9.17, 15) is 9.59 Å². The number of rotatable bonds is 3. The minimum atomic E-state index is -0.245. The minimum absolute atomic E-state index is 0.136. The van der Waals surface area contributed by atoms with Crippen molar-refractivity contribution in [3.05, 3.63) is 109 Å². The molecule has 0 atom stereocenters. The van der Waals surface area contributed by atoms with Crippen molar-refractivity contribution in [2.24, 2.45) is 5.10 Å². The molecule has 37 heavy (non-hydrogen) atoms. The van der Waals surface area contributed by atoms with Gasteiger partial charge in [0.05, 0.1) is 29.2 Å². The zero-order chi connectivity index (χ0) is 25.7. The molecule has 6 nitrogen and oxygen atoms in total. The van der Waals surface area contributed by atoms with E-state index >= 15 is 0 Å². The summed E-state index contributed by atoms with van der Waals surface area (Å²) in [6.45, 7) is 2.16. The van der Waals surface area contributed by atoms with Crippen LogP contribution in [0.25, 0.3) is 10.6 Å². The topological polar surface area (TPSA) is 57.9 Å². The van der Waals surface area contributed by atoms with Gasteiger partial charge in [-0.3, -0.25) is 14.2 Å². The predicted octanol–water partition coefficient (Wildman–Crippen LogP) is 4.49. The van der Waals surface area contributed by atoms with Gasteiger partial charge in [0, 0.05) is 17.0 Å². The van der Waals surface area contributed by atoms with E-state index in [1.807, 2.05) is 97.7 Å². The number of hydrogen-bond acceptors (Lipinski definition) is 6. The Labute approximate surface area is 226 Å². The molecule has 184 valence electrons. The molecule has 0 radical (unpaired) electrons. The molecule has 3 heterocycles. The van der Waals surface area contributed by atoms with Gasteiger partial charge < -0.3 is 4.90 Å². The number of thiazole rings is 1. The van der Waals surface area contributed by atoms with Crippen molar-refractivity contribution >= 4 is 68.3 Å². The van der Waals surface area contributed by atoms with Crippen LogP contribution in [-0.2, 0) is 11.3 Å². The lowest BCUT2D eigenvalue weighted by molar-refractivity contribution is -0.112. The molecule has 0 aliphatic carbocycles. The second-order valence-electron chi connectivity index (χ2n) is 8.70. The molecule has 0 fully saturated rings. The second-order valence-corrected chi connectivity index (χ2v) is 11.2. The predicted molar refractivity (Wildman–Crippen MR) is 153 cm³/mol. The van der Waals surface area contributed by atoms with Gasteiger partial charge >= 0.3 is 0 Å². The second kappa shape index (κ2) is 9.37. The first-order valence-electron chi connectivity index (χ1n) is 11.6. The number of nitrogens with zero attached hydrogens (tertiary/aromatic N) is 4. The maximum atomic E-state index is 14.0. The molecular weight excluding hydrogens is 524 g/mol. The fourth-order valence-electron chi connectivity index (χ4n) is 4.46. The third kappa shape index (κ3) is 4.11. The number of anilines is 2. The normalized spacial score (nSPS) is 17.9. The van der Waals surface area contributed by atoms with Gasteiger partial charge in [0.15, 0.2) is 0 Å². The largest absolute Gasteiger partial charge is 0.337 e. The Morgan fingerprint density at radius 2 is 1.65 bits per heavy atom. The van der Waals surface area contributed by atoms with Crippen LogP contribution in [0, 0.1) is 0 Å². The Morgan fingerprint density at radius 3 is 2.38 bits per heavy atom. The Kier molecular flexibility index (Phi) is 6.03. The molecule has 1 aromatic heterocycles. The molecule has 6 rings (SSSR count). The number of thioether (sulfide) groups is 1. The SMILES string of the molecule is CC1=NN(c2ccccc2)C(=O)C1=c1sc(=C2Sc3ccc(Cl)cc3N2C)c(=O)n1Cc1ccccc1. The average molecular weight is 545 g/mol. The summed E-state index contributed by atoms with van der Waals surface area (Å²) >= 11 is 9.12. The van der Waals surface area contributed by atoms with Gasteiger partial charge in [-0.2, -0.15) is 10.1 Å². The highest BCUT2D eigenvalue weighted by Crippen LogP contribution is 2.46. The van der Waals surface area contributed by atoms with E-state index in [0.717, 1.165) is 21.2 Å². The van der Waals surface area contributed by atoms with E-state index < -0.39 is 0 Å². The van der Waals surface area contributed by atoms with Gasteiger partial charge in [-0.25, -0.2) is 0 Å². The Hall–Kier alpha value is -3.59. The average Bonchev–Trinajstić information content (AvgIpc) is 3.51. The van der Waals surface area contributed by atoms with Crippen LogP contribution in [-0.4, -0.2) is 23.2 Å². The molecule has 9 heteroatoms. The Morgan fingerprint density at radius 1 is 0.946 bits per heavy atom. The van der Waals surface area contributed by atoms with Crippen LogP contribution < -0.4 is 24.7 Å². The number of hydrazone groups is 1. The molecule has 2 aliphatic rings. The van der Waals surface area contributed by atoms with Crippen molar-refractivity contribution in [2.45, 2.75) is 18.4 Å². The van der Waals surface area contributed by atoms with Crippen molar-refractivity contribution in [3.8, 4) is 0 Å². The van der Waals surface area contributed by atoms with E-state index in [1.165, 1.54) is 28.1 Å². The third-order valence-electron chi connectivity index (χ3n) is 6.29. The first-order chi connectivity index (χ1) is 17.9. The highest BCUT2D eigenvalue weighted by atomic mass is 35.5. The fourth-order valence-corrected chi connectivity index (χ4v) is 7.14. The quantitative estimate of drug-likeness (QED) is 0.381. The summed E-state index contributed by atoms with van der Waals surface area (Å²) in [5, 5.41) is 7.42. The fraction of sp³-hybridized carbons (Fsp3) is 0.107. The number of carbonyl (C=O) groups is 1. The van der Waals surface area contributed by atoms with Crippen molar-refractivity contribution < 1.29 is 4.79 Å². The molecule has 0 unspecified atom stereocenters. The lowest BCUT2D eigenvalue weighted by Crippen LogP contribution is -2.36. The van der Waals surface area contributed by atoms with Gasteiger partial charge in [0.2, 0.25) is 0 Å². The summed E-state index contributed by atoms with van der Waals surface area (Å²) in [7, 11) is 1.93. The van der Waals surface area contributed by atoms with Crippen LogP contribution >= 0.6 is 34.7 Å². The monoisotopic (exact) mass is 544 g/mol. The first kappa shape index (κ1) is 23.8. The van der Waals surface area contributed by atoms with Crippen molar-refractivity contribution in [2.75, 3.05) is 17.0 Å². The number of amides is 1. The molecule has 2 aliphatic heterocycles. The molecule has 0 saturated heterocycles. The van der Waals surface area contributed by atoms with Crippen LogP contribution in [0.3, 0.4) is 0 Å². The smallest absolute Gasteiger partial charge is 0.283 e. The summed E-state index contributed by atoms with van der Waals surface area (Å²) < 4.78 is 2.88. The van der Waals surface area contributed by atoms with Crippen molar-refractivity contribution in [1.82, 2.24) is 4.57 Å². The highest BCUT2D eigenvalue weighted by Gasteiger charge is 2.32. The van der Waals surface area contributed by atoms with Crippen molar-refractivity contribution in [3.63, 3.8) is 0 Å². The van der Waals surface area contributed by atoms with Crippen LogP contribution in [0.4, 0.5) is 11.4 Å². The number of hydrogen-bond donors (Lipinski definition) is 0. The summed E-state index contributed by atoms with van der Waals surface area (Å²) in [4.78, 5) is 30.7. The zero-order valence-corrected chi connectivity index (χ0v) is 22.4. The Balaban J connectivity index is 1.59. The van der Waals surface area contributed by atoms with Gasteiger partial charge in [-0.05, 0) is 42.8 Å². The van der Waals surface area contributed by atoms with Gasteiger partial charge in [-0.1, -0.05) is 71.9 Å². The number of benzene rings is 3. The summed E-state index contributed by atoms with van der Waals surface area (Å²) in [6, 6.07) is 24.8. The van der Waals surface area contributed by atoms with E-state index in [1.54, 1.807) is 4.57 Å². The number of carbonyl (C=O) groups excluding carboxylic acids is 1. The van der Waals surface area contributed by atoms with Crippen LogP contribution in [0.5, 0.6) is 0 Å². The number of para-hydroxylation sites is 1. The maximum absolute atomic E-state index is 14.0. The molecular formula is C28H21ClN4O2S2. The molecule has 0 saturated carbocycles. The summed E-state index contributed by atoms with van der Waals surface area (Å²) in [5.74, 6) is -0.245. The lowest BCUT2D eigenvalue weighted by atomic mass is 10.2. The van der Waals surface area contributed by atoms with E-state index in [0.29, 0.717) is 37.7 Å². The van der Waals surface area contributed by atoms with E-state index in [-0.39, 0.29) is 11.5 Å². The molecule has 1 amide bonds. The zero-order valence-electron chi connectivity index (χ0n) is 20.0. The molecule has 0 bridgehead atoms. The molecule has 4 aromatic rings. The number of halogens is 1. The summed E-state index contributed by atoms with van der Waals surface area (Å²) in [6.07, 6.45) is 0. The lowest BCUT2D eigenvalue weighted by Gasteiger charge is -2.12. The molecule has 0 N–H and O–H groups in total. The third-order valence-corrected chi connectivity index (χ3v) is 9.08.